The molecule has 0 radical (unpaired) electrons. The normalized spacial score (nSPS) is 18.2. The minimum atomic E-state index is -0.834. The number of ether oxygens (including phenoxy) is 1. The minimum Gasteiger partial charge on any atom is -0.451 e. The first kappa shape index (κ1) is 13.6. The average Bonchev–Trinajstić information content (AvgIpc) is 2.77. The van der Waals surface area contributed by atoms with Gasteiger partial charge >= 0.3 is 5.97 Å². The van der Waals surface area contributed by atoms with Crippen LogP contribution in [0.1, 0.15) is 33.7 Å². The van der Waals surface area contributed by atoms with Gasteiger partial charge in [0.1, 0.15) is 6.10 Å². The summed E-state index contributed by atoms with van der Waals surface area (Å²) in [6, 6.07) is 16.4. The van der Waals surface area contributed by atoms with Gasteiger partial charge in [0.25, 0.3) is 0 Å². The van der Waals surface area contributed by atoms with E-state index in [0.29, 0.717) is 5.56 Å². The molecular formula is C15H13ClO3. The number of carbonyl (C=O) groups excluding carboxylic acids is 1. The molecule has 0 saturated carbocycles. The molecule has 1 aliphatic heterocycles. The molecule has 19 heavy (non-hydrogen) atoms. The lowest BCUT2D eigenvalue weighted by atomic mass is 9.97. The van der Waals surface area contributed by atoms with Gasteiger partial charge < -0.3 is 9.84 Å². The molecule has 0 saturated heterocycles. The number of fused-ring (bicyclic) bond motifs is 1. The van der Waals surface area contributed by atoms with Crippen molar-refractivity contribution in [2.75, 3.05) is 0 Å². The van der Waals surface area contributed by atoms with Crippen LogP contribution in [-0.2, 0) is 4.74 Å². The smallest absolute Gasteiger partial charge is 0.339 e. The van der Waals surface area contributed by atoms with E-state index in [4.69, 9.17) is 4.74 Å². The van der Waals surface area contributed by atoms with E-state index in [0.717, 1.165) is 11.1 Å². The molecule has 3 nitrogen and oxygen atoms in total. The molecule has 1 aliphatic rings. The second kappa shape index (κ2) is 5.43. The van der Waals surface area contributed by atoms with E-state index in [-0.39, 0.29) is 18.4 Å². The van der Waals surface area contributed by atoms with E-state index < -0.39 is 12.2 Å². The zero-order chi connectivity index (χ0) is 12.5. The first-order valence-corrected chi connectivity index (χ1v) is 5.80. The summed E-state index contributed by atoms with van der Waals surface area (Å²) in [5.74, 6) is -0.370. The summed E-state index contributed by atoms with van der Waals surface area (Å²) < 4.78 is 5.26. The van der Waals surface area contributed by atoms with E-state index in [9.17, 15) is 9.90 Å². The maximum Gasteiger partial charge on any atom is 0.339 e. The van der Waals surface area contributed by atoms with Crippen molar-refractivity contribution in [3.63, 3.8) is 0 Å². The van der Waals surface area contributed by atoms with Gasteiger partial charge in [-0.1, -0.05) is 48.5 Å². The Bertz CT molecular complexity index is 583. The molecule has 0 aromatic heterocycles. The van der Waals surface area contributed by atoms with Crippen molar-refractivity contribution < 1.29 is 14.6 Å². The molecule has 2 unspecified atom stereocenters. The van der Waals surface area contributed by atoms with E-state index in [1.54, 1.807) is 12.1 Å². The largest absolute Gasteiger partial charge is 0.451 e. The van der Waals surface area contributed by atoms with E-state index in [1.165, 1.54) is 0 Å². The van der Waals surface area contributed by atoms with Crippen molar-refractivity contribution in [3.05, 3.63) is 71.3 Å². The van der Waals surface area contributed by atoms with Crippen LogP contribution < -0.4 is 0 Å². The Morgan fingerprint density at radius 2 is 1.63 bits per heavy atom. The van der Waals surface area contributed by atoms with Crippen LogP contribution in [0.25, 0.3) is 0 Å². The Morgan fingerprint density at radius 3 is 2.37 bits per heavy atom. The SMILES string of the molecule is Cl.O=C1OC(C(O)c2ccccc2)c2ccccc21. The summed E-state index contributed by atoms with van der Waals surface area (Å²) in [5.41, 5.74) is 2.03. The van der Waals surface area contributed by atoms with Crippen molar-refractivity contribution >= 4 is 18.4 Å². The molecule has 4 heteroatoms. The molecule has 98 valence electrons. The summed E-state index contributed by atoms with van der Waals surface area (Å²) in [6.45, 7) is 0. The highest BCUT2D eigenvalue weighted by Crippen LogP contribution is 2.39. The molecule has 0 bridgehead atoms. The second-order valence-corrected chi connectivity index (χ2v) is 4.27. The van der Waals surface area contributed by atoms with E-state index in [2.05, 4.69) is 0 Å². The second-order valence-electron chi connectivity index (χ2n) is 4.27. The zero-order valence-corrected chi connectivity index (χ0v) is 10.8. The fraction of sp³-hybridized carbons (Fsp3) is 0.133. The molecule has 2 aromatic carbocycles. The zero-order valence-electron chi connectivity index (χ0n) is 10.0. The molecule has 3 rings (SSSR count). The van der Waals surface area contributed by atoms with Crippen molar-refractivity contribution in [1.29, 1.82) is 0 Å². The Morgan fingerprint density at radius 1 is 1.00 bits per heavy atom. The lowest BCUT2D eigenvalue weighted by molar-refractivity contribution is -0.0102. The number of esters is 1. The summed E-state index contributed by atoms with van der Waals surface area (Å²) in [4.78, 5) is 11.7. The minimum absolute atomic E-state index is 0. The molecule has 0 aliphatic carbocycles. The Balaban J connectivity index is 0.00000133. The predicted octanol–water partition coefficient (Wildman–Crippen LogP) is 3.05. The molecule has 2 atom stereocenters. The van der Waals surface area contributed by atoms with E-state index >= 15 is 0 Å². The van der Waals surface area contributed by atoms with Gasteiger partial charge in [-0.15, -0.1) is 12.4 Å². The van der Waals surface area contributed by atoms with Gasteiger partial charge in [0.15, 0.2) is 6.10 Å². The molecule has 1 heterocycles. The van der Waals surface area contributed by atoms with Crippen LogP contribution in [0.15, 0.2) is 54.6 Å². The maximum atomic E-state index is 11.7. The number of hydrogen-bond donors (Lipinski definition) is 1. The highest BCUT2D eigenvalue weighted by Gasteiger charge is 2.36. The van der Waals surface area contributed by atoms with Crippen molar-refractivity contribution in [2.45, 2.75) is 12.2 Å². The molecule has 2 aromatic rings. The maximum absolute atomic E-state index is 11.7. The number of rotatable bonds is 2. The predicted molar refractivity (Wildman–Crippen MR) is 73.2 cm³/mol. The fourth-order valence-corrected chi connectivity index (χ4v) is 2.23. The number of cyclic esters (lactones) is 1. The Hall–Kier alpha value is -1.84. The number of halogens is 1. The summed E-state index contributed by atoms with van der Waals surface area (Å²) in [6.07, 6.45) is -1.45. The number of benzene rings is 2. The third kappa shape index (κ3) is 2.35. The van der Waals surface area contributed by atoms with Gasteiger partial charge in [0, 0.05) is 5.56 Å². The lowest BCUT2D eigenvalue weighted by Crippen LogP contribution is -2.10. The number of aliphatic hydroxyl groups excluding tert-OH is 1. The fourth-order valence-electron chi connectivity index (χ4n) is 2.23. The van der Waals surface area contributed by atoms with Gasteiger partial charge in [-0.25, -0.2) is 4.79 Å². The van der Waals surface area contributed by atoms with Gasteiger partial charge in [-0.3, -0.25) is 0 Å². The summed E-state index contributed by atoms with van der Waals surface area (Å²) in [7, 11) is 0. The standard InChI is InChI=1S/C15H12O3.ClH/c16-13(10-6-2-1-3-7-10)14-11-8-4-5-9-12(11)15(17)18-14;/h1-9,13-14,16H;1H. The molecule has 0 spiro atoms. The van der Waals surface area contributed by atoms with Gasteiger partial charge in [-0.05, 0) is 11.6 Å². The summed E-state index contributed by atoms with van der Waals surface area (Å²) in [5, 5.41) is 10.3. The van der Waals surface area contributed by atoms with Crippen molar-refractivity contribution in [2.24, 2.45) is 0 Å². The van der Waals surface area contributed by atoms with Crippen molar-refractivity contribution in [1.82, 2.24) is 0 Å². The van der Waals surface area contributed by atoms with Crippen LogP contribution in [-0.4, -0.2) is 11.1 Å². The first-order valence-electron chi connectivity index (χ1n) is 5.80. The van der Waals surface area contributed by atoms with E-state index in [1.807, 2.05) is 42.5 Å². The number of hydrogen-bond acceptors (Lipinski definition) is 3. The van der Waals surface area contributed by atoms with Gasteiger partial charge in [-0.2, -0.15) is 0 Å². The molecule has 0 amide bonds. The Kier molecular flexibility index (Phi) is 3.88. The quantitative estimate of drug-likeness (QED) is 0.858. The van der Waals surface area contributed by atoms with Crippen LogP contribution in [0.4, 0.5) is 0 Å². The van der Waals surface area contributed by atoms with Crippen LogP contribution in [0, 0.1) is 0 Å². The van der Waals surface area contributed by atoms with Crippen LogP contribution in [0.3, 0.4) is 0 Å². The lowest BCUT2D eigenvalue weighted by Gasteiger charge is -2.18. The first-order chi connectivity index (χ1) is 8.77. The van der Waals surface area contributed by atoms with Crippen LogP contribution >= 0.6 is 12.4 Å². The van der Waals surface area contributed by atoms with Crippen LogP contribution in [0.2, 0.25) is 0 Å². The van der Waals surface area contributed by atoms with Crippen LogP contribution in [0.5, 0.6) is 0 Å². The highest BCUT2D eigenvalue weighted by molar-refractivity contribution is 5.94. The molecular weight excluding hydrogens is 264 g/mol. The number of aliphatic hydroxyl groups is 1. The third-order valence-electron chi connectivity index (χ3n) is 3.15. The molecule has 0 fully saturated rings. The topological polar surface area (TPSA) is 46.5 Å². The number of carbonyl (C=O) groups is 1. The Labute approximate surface area is 117 Å². The highest BCUT2D eigenvalue weighted by atomic mass is 35.5. The van der Waals surface area contributed by atoms with Gasteiger partial charge in [0.2, 0.25) is 0 Å². The van der Waals surface area contributed by atoms with Gasteiger partial charge in [0.05, 0.1) is 5.56 Å². The monoisotopic (exact) mass is 276 g/mol. The van der Waals surface area contributed by atoms with Crippen molar-refractivity contribution in [3.8, 4) is 0 Å². The third-order valence-corrected chi connectivity index (χ3v) is 3.15. The average molecular weight is 277 g/mol. The molecule has 1 N–H and O–H groups in total. The summed E-state index contributed by atoms with van der Waals surface area (Å²) >= 11 is 0.